The molecule has 4 nitrogen and oxygen atoms in total. The van der Waals surface area contributed by atoms with Crippen molar-refractivity contribution in [3.05, 3.63) is 53.3 Å². The number of nitrogens with one attached hydrogen (secondary N) is 1. The van der Waals surface area contributed by atoms with Crippen LogP contribution in [0.1, 0.15) is 30.1 Å². The van der Waals surface area contributed by atoms with Crippen LogP contribution in [0.5, 0.6) is 0 Å². The van der Waals surface area contributed by atoms with E-state index < -0.39 is 0 Å². The van der Waals surface area contributed by atoms with Gasteiger partial charge in [-0.15, -0.1) is 0 Å². The maximum absolute atomic E-state index is 12.4. The average Bonchev–Trinajstić information content (AvgIpc) is 2.58. The molecule has 1 aromatic heterocycles. The number of nitrogens with zero attached hydrogens (tertiary/aromatic N) is 2. The third-order valence-electron chi connectivity index (χ3n) is 4.26. The van der Waals surface area contributed by atoms with Gasteiger partial charge in [0.05, 0.1) is 28.2 Å². The molecule has 1 fully saturated rings. The minimum atomic E-state index is -0.196. The van der Waals surface area contributed by atoms with Crippen molar-refractivity contribution in [3.63, 3.8) is 0 Å². The van der Waals surface area contributed by atoms with Gasteiger partial charge in [0.25, 0.3) is 5.91 Å². The Morgan fingerprint density at radius 1 is 1.26 bits per heavy atom. The number of para-hydroxylation sites is 1. The highest BCUT2D eigenvalue weighted by Crippen LogP contribution is 2.24. The maximum atomic E-state index is 12.4. The molecule has 120 valence electrons. The van der Waals surface area contributed by atoms with Gasteiger partial charge in [0.2, 0.25) is 0 Å². The van der Waals surface area contributed by atoms with Crippen molar-refractivity contribution in [2.45, 2.75) is 19.8 Å². The van der Waals surface area contributed by atoms with Crippen LogP contribution in [0.15, 0.2) is 42.7 Å². The molecule has 0 radical (unpaired) electrons. The van der Waals surface area contributed by atoms with Gasteiger partial charge in [0.15, 0.2) is 0 Å². The summed E-state index contributed by atoms with van der Waals surface area (Å²) in [6, 6.07) is 9.10. The molecule has 1 aromatic carbocycles. The second-order valence-electron chi connectivity index (χ2n) is 6.04. The van der Waals surface area contributed by atoms with Crippen molar-refractivity contribution in [1.82, 2.24) is 4.98 Å². The van der Waals surface area contributed by atoms with E-state index in [1.54, 1.807) is 18.3 Å². The monoisotopic (exact) mass is 329 g/mol. The zero-order chi connectivity index (χ0) is 16.2. The summed E-state index contributed by atoms with van der Waals surface area (Å²) in [6.45, 7) is 4.31. The molecule has 23 heavy (non-hydrogen) atoms. The zero-order valence-corrected chi connectivity index (χ0v) is 13.9. The van der Waals surface area contributed by atoms with E-state index in [4.69, 9.17) is 11.6 Å². The quantitative estimate of drug-likeness (QED) is 0.916. The Morgan fingerprint density at radius 2 is 2.00 bits per heavy atom. The fourth-order valence-corrected chi connectivity index (χ4v) is 2.93. The molecule has 2 aromatic rings. The van der Waals surface area contributed by atoms with Gasteiger partial charge in [0, 0.05) is 19.3 Å². The Morgan fingerprint density at radius 3 is 2.74 bits per heavy atom. The van der Waals surface area contributed by atoms with Crippen LogP contribution in [-0.2, 0) is 0 Å². The van der Waals surface area contributed by atoms with E-state index in [1.807, 2.05) is 24.4 Å². The molecule has 3 rings (SSSR count). The molecule has 0 aliphatic carbocycles. The summed E-state index contributed by atoms with van der Waals surface area (Å²) in [6.07, 6.45) is 5.76. The molecular weight excluding hydrogens is 310 g/mol. The average molecular weight is 330 g/mol. The third-order valence-corrected chi connectivity index (χ3v) is 4.59. The molecule has 1 amide bonds. The SMILES string of the molecule is CC1CCN(c2cncc(C(=O)Nc3ccccc3Cl)c2)CC1. The van der Waals surface area contributed by atoms with Crippen molar-refractivity contribution in [2.75, 3.05) is 23.3 Å². The van der Waals surface area contributed by atoms with Gasteiger partial charge in [-0.1, -0.05) is 30.7 Å². The number of carbonyl (C=O) groups excluding carboxylic acids is 1. The van der Waals surface area contributed by atoms with Gasteiger partial charge in [0.1, 0.15) is 0 Å². The van der Waals surface area contributed by atoms with E-state index in [0.717, 1.165) is 24.7 Å². The van der Waals surface area contributed by atoms with Gasteiger partial charge in [-0.05, 0) is 37.0 Å². The summed E-state index contributed by atoms with van der Waals surface area (Å²) in [5, 5.41) is 3.36. The van der Waals surface area contributed by atoms with Crippen LogP contribution < -0.4 is 10.2 Å². The van der Waals surface area contributed by atoms with Crippen molar-refractivity contribution >= 4 is 28.9 Å². The highest BCUT2D eigenvalue weighted by molar-refractivity contribution is 6.33. The Labute approximate surface area is 141 Å². The summed E-state index contributed by atoms with van der Waals surface area (Å²) in [4.78, 5) is 18.9. The third kappa shape index (κ3) is 3.82. The molecular formula is C18H20ClN3O. The van der Waals surface area contributed by atoms with E-state index in [9.17, 15) is 4.79 Å². The number of halogens is 1. The number of piperidine rings is 1. The molecule has 1 N–H and O–H groups in total. The molecule has 0 unspecified atom stereocenters. The molecule has 1 aliphatic heterocycles. The van der Waals surface area contributed by atoms with Crippen LogP contribution in [0.4, 0.5) is 11.4 Å². The Bertz CT molecular complexity index is 696. The van der Waals surface area contributed by atoms with Crippen LogP contribution in [0.25, 0.3) is 0 Å². The summed E-state index contributed by atoms with van der Waals surface area (Å²) in [5.41, 5.74) is 2.15. The normalized spacial score (nSPS) is 15.5. The van der Waals surface area contributed by atoms with Gasteiger partial charge >= 0.3 is 0 Å². The second-order valence-corrected chi connectivity index (χ2v) is 6.44. The second kappa shape index (κ2) is 7.01. The summed E-state index contributed by atoms with van der Waals surface area (Å²) >= 11 is 6.08. The summed E-state index contributed by atoms with van der Waals surface area (Å²) in [7, 11) is 0. The molecule has 1 saturated heterocycles. The van der Waals surface area contributed by atoms with Crippen LogP contribution >= 0.6 is 11.6 Å². The van der Waals surface area contributed by atoms with Crippen LogP contribution in [-0.4, -0.2) is 24.0 Å². The molecule has 0 bridgehead atoms. The molecule has 5 heteroatoms. The largest absolute Gasteiger partial charge is 0.370 e. The fraction of sp³-hybridized carbons (Fsp3) is 0.333. The number of aromatic nitrogens is 1. The minimum Gasteiger partial charge on any atom is -0.370 e. The molecule has 0 atom stereocenters. The summed E-state index contributed by atoms with van der Waals surface area (Å²) < 4.78 is 0. The van der Waals surface area contributed by atoms with Gasteiger partial charge < -0.3 is 10.2 Å². The first-order chi connectivity index (χ1) is 11.1. The van der Waals surface area contributed by atoms with Crippen LogP contribution in [0, 0.1) is 5.92 Å². The van der Waals surface area contributed by atoms with Crippen molar-refractivity contribution in [3.8, 4) is 0 Å². The first-order valence-electron chi connectivity index (χ1n) is 7.89. The number of hydrogen-bond donors (Lipinski definition) is 1. The smallest absolute Gasteiger partial charge is 0.257 e. The summed E-state index contributed by atoms with van der Waals surface area (Å²) in [5.74, 6) is 0.573. The fourth-order valence-electron chi connectivity index (χ4n) is 2.75. The number of amides is 1. The van der Waals surface area contributed by atoms with E-state index in [1.165, 1.54) is 12.8 Å². The number of rotatable bonds is 3. The number of anilines is 2. The lowest BCUT2D eigenvalue weighted by molar-refractivity contribution is 0.102. The lowest BCUT2D eigenvalue weighted by atomic mass is 9.99. The number of pyridine rings is 1. The molecule has 1 aliphatic rings. The highest BCUT2D eigenvalue weighted by Gasteiger charge is 2.17. The standard InChI is InChI=1S/C18H20ClN3O/c1-13-6-8-22(9-7-13)15-10-14(11-20-12-15)18(23)21-17-5-3-2-4-16(17)19/h2-5,10-13H,6-9H2,1H3,(H,21,23). The molecule has 0 saturated carbocycles. The Balaban J connectivity index is 1.74. The lowest BCUT2D eigenvalue weighted by Gasteiger charge is -2.32. The van der Waals surface area contributed by atoms with Gasteiger partial charge in [-0.3, -0.25) is 9.78 Å². The van der Waals surface area contributed by atoms with E-state index in [-0.39, 0.29) is 5.91 Å². The topological polar surface area (TPSA) is 45.2 Å². The van der Waals surface area contributed by atoms with Crippen molar-refractivity contribution < 1.29 is 4.79 Å². The Kier molecular flexibility index (Phi) is 4.82. The van der Waals surface area contributed by atoms with E-state index >= 15 is 0 Å². The van der Waals surface area contributed by atoms with E-state index in [2.05, 4.69) is 22.1 Å². The highest BCUT2D eigenvalue weighted by atomic mass is 35.5. The zero-order valence-electron chi connectivity index (χ0n) is 13.1. The number of hydrogen-bond acceptors (Lipinski definition) is 3. The van der Waals surface area contributed by atoms with Gasteiger partial charge in [-0.2, -0.15) is 0 Å². The van der Waals surface area contributed by atoms with Crippen molar-refractivity contribution in [2.24, 2.45) is 5.92 Å². The Hall–Kier alpha value is -2.07. The number of benzene rings is 1. The first-order valence-corrected chi connectivity index (χ1v) is 8.27. The lowest BCUT2D eigenvalue weighted by Crippen LogP contribution is -2.33. The van der Waals surface area contributed by atoms with Crippen LogP contribution in [0.2, 0.25) is 5.02 Å². The molecule has 2 heterocycles. The predicted molar refractivity (Wildman–Crippen MR) is 94.3 cm³/mol. The van der Waals surface area contributed by atoms with Gasteiger partial charge in [-0.25, -0.2) is 0 Å². The van der Waals surface area contributed by atoms with E-state index in [0.29, 0.717) is 16.3 Å². The predicted octanol–water partition coefficient (Wildman–Crippen LogP) is 4.22. The minimum absolute atomic E-state index is 0.196. The van der Waals surface area contributed by atoms with Crippen molar-refractivity contribution in [1.29, 1.82) is 0 Å². The first kappa shape index (κ1) is 15.8. The number of carbonyl (C=O) groups is 1. The maximum Gasteiger partial charge on any atom is 0.257 e. The van der Waals surface area contributed by atoms with Crippen LogP contribution in [0.3, 0.4) is 0 Å². The molecule has 0 spiro atoms.